The molecule has 4 rings (SSSR count). The van der Waals surface area contributed by atoms with E-state index < -0.39 is 11.5 Å². The van der Waals surface area contributed by atoms with Crippen LogP contribution in [0.25, 0.3) is 16.6 Å². The van der Waals surface area contributed by atoms with Crippen LogP contribution in [0.3, 0.4) is 0 Å². The first-order valence-electron chi connectivity index (χ1n) is 12.3. The fraction of sp³-hybridized carbons (Fsp3) is 0.393. The molecule has 8 heteroatoms. The third kappa shape index (κ3) is 5.75. The summed E-state index contributed by atoms with van der Waals surface area (Å²) in [4.78, 5) is 26.8. The van der Waals surface area contributed by atoms with Gasteiger partial charge < -0.3 is 15.5 Å². The molecule has 2 heterocycles. The molecule has 2 amide bonds. The number of rotatable bonds is 9. The smallest absolute Gasteiger partial charge is 0.243 e. The molecular weight excluding hydrogens is 457 g/mol. The molecule has 190 valence electrons. The second-order valence-corrected chi connectivity index (χ2v) is 10.3. The molecule has 1 fully saturated rings. The van der Waals surface area contributed by atoms with Crippen LogP contribution in [-0.2, 0) is 16.1 Å². The van der Waals surface area contributed by atoms with Gasteiger partial charge in [-0.05, 0) is 35.6 Å². The molecule has 1 atom stereocenters. The highest BCUT2D eigenvalue weighted by Gasteiger charge is 2.32. The maximum atomic E-state index is 13.4. The lowest BCUT2D eigenvalue weighted by Crippen LogP contribution is -2.52. The molecule has 36 heavy (non-hydrogen) atoms. The molecular formula is C28H34FN5O2. The van der Waals surface area contributed by atoms with Crippen molar-refractivity contribution in [2.75, 3.05) is 19.6 Å². The van der Waals surface area contributed by atoms with E-state index in [1.807, 2.05) is 49.7 Å². The Hall–Kier alpha value is -3.68. The Morgan fingerprint density at radius 1 is 1.17 bits per heavy atom. The number of halogens is 1. The summed E-state index contributed by atoms with van der Waals surface area (Å²) in [7, 11) is 0. The van der Waals surface area contributed by atoms with Crippen molar-refractivity contribution in [3.63, 3.8) is 0 Å². The number of aromatic nitrogens is 2. The third-order valence-electron chi connectivity index (χ3n) is 6.49. The van der Waals surface area contributed by atoms with Crippen molar-refractivity contribution in [1.29, 1.82) is 0 Å². The summed E-state index contributed by atoms with van der Waals surface area (Å²) in [5, 5.41) is 12.0. The van der Waals surface area contributed by atoms with E-state index in [-0.39, 0.29) is 17.6 Å². The Labute approximate surface area is 211 Å². The van der Waals surface area contributed by atoms with Gasteiger partial charge in [0.2, 0.25) is 11.8 Å². The number of nitrogens with zero attached hydrogens (tertiary/aromatic N) is 3. The molecule has 0 bridgehead atoms. The van der Waals surface area contributed by atoms with Crippen molar-refractivity contribution in [3.05, 3.63) is 72.2 Å². The molecule has 1 aliphatic heterocycles. The summed E-state index contributed by atoms with van der Waals surface area (Å²) >= 11 is 0. The van der Waals surface area contributed by atoms with Crippen LogP contribution in [0.1, 0.15) is 44.9 Å². The normalized spacial score (nSPS) is 14.8. The first-order chi connectivity index (χ1) is 17.1. The molecule has 0 spiro atoms. The molecule has 1 unspecified atom stereocenters. The van der Waals surface area contributed by atoms with Crippen LogP contribution in [0, 0.1) is 11.2 Å². The van der Waals surface area contributed by atoms with Crippen molar-refractivity contribution >= 4 is 28.4 Å². The Balaban J connectivity index is 1.50. The van der Waals surface area contributed by atoms with E-state index in [0.717, 1.165) is 29.4 Å². The van der Waals surface area contributed by atoms with Gasteiger partial charge in [0.1, 0.15) is 17.6 Å². The first kappa shape index (κ1) is 25.4. The SMILES string of the molecule is C=C(NC(C(=O)NCCN1CCCC1=O)C(C)(C)C)c1nn(Cc2ccc(F)cc2)c2ccccc12. The predicted molar refractivity (Wildman–Crippen MR) is 139 cm³/mol. The highest BCUT2D eigenvalue weighted by molar-refractivity contribution is 5.91. The number of amides is 2. The second-order valence-electron chi connectivity index (χ2n) is 10.3. The lowest BCUT2D eigenvalue weighted by molar-refractivity contribution is -0.129. The number of para-hydroxylation sites is 1. The van der Waals surface area contributed by atoms with Crippen LogP contribution in [0.2, 0.25) is 0 Å². The van der Waals surface area contributed by atoms with Crippen molar-refractivity contribution < 1.29 is 14.0 Å². The Bertz CT molecular complexity index is 1260. The lowest BCUT2D eigenvalue weighted by atomic mass is 9.85. The van der Waals surface area contributed by atoms with E-state index in [2.05, 4.69) is 17.2 Å². The zero-order valence-corrected chi connectivity index (χ0v) is 21.2. The quantitative estimate of drug-likeness (QED) is 0.475. The van der Waals surface area contributed by atoms with Crippen LogP contribution >= 0.6 is 0 Å². The number of hydrogen-bond acceptors (Lipinski definition) is 4. The number of likely N-dealkylation sites (tertiary alicyclic amines) is 1. The van der Waals surface area contributed by atoms with Crippen molar-refractivity contribution in [3.8, 4) is 0 Å². The first-order valence-corrected chi connectivity index (χ1v) is 12.3. The lowest BCUT2D eigenvalue weighted by Gasteiger charge is -2.31. The summed E-state index contributed by atoms with van der Waals surface area (Å²) in [6.07, 6.45) is 1.46. The number of hydrogen-bond donors (Lipinski definition) is 2. The van der Waals surface area contributed by atoms with Gasteiger partial charge in [-0.3, -0.25) is 14.3 Å². The van der Waals surface area contributed by atoms with Gasteiger partial charge in [-0.1, -0.05) is 57.7 Å². The van der Waals surface area contributed by atoms with Crippen LogP contribution in [-0.4, -0.2) is 52.2 Å². The van der Waals surface area contributed by atoms with Gasteiger partial charge in [-0.25, -0.2) is 4.39 Å². The number of nitrogens with one attached hydrogen (secondary N) is 2. The van der Waals surface area contributed by atoms with E-state index in [1.165, 1.54) is 12.1 Å². The van der Waals surface area contributed by atoms with Crippen molar-refractivity contribution in [2.24, 2.45) is 5.41 Å². The van der Waals surface area contributed by atoms with Gasteiger partial charge in [-0.15, -0.1) is 0 Å². The molecule has 0 saturated carbocycles. The number of carbonyl (C=O) groups excluding carboxylic acids is 2. The molecule has 7 nitrogen and oxygen atoms in total. The zero-order valence-electron chi connectivity index (χ0n) is 21.2. The standard InChI is InChI=1S/C28H34FN5O2/c1-19(31-26(28(2,3)4)27(36)30-15-17-33-16-7-10-24(33)35)25-22-8-5-6-9-23(22)34(32-25)18-20-11-13-21(29)14-12-20/h5-6,8-9,11-14,26,31H,1,7,10,15-18H2,2-4H3,(H,30,36). The minimum absolute atomic E-state index is 0.145. The number of benzene rings is 2. The van der Waals surface area contributed by atoms with Gasteiger partial charge in [0.25, 0.3) is 0 Å². The highest BCUT2D eigenvalue weighted by atomic mass is 19.1. The number of fused-ring (bicyclic) bond motifs is 1. The summed E-state index contributed by atoms with van der Waals surface area (Å²) in [6.45, 7) is 12.4. The number of carbonyl (C=O) groups is 2. The Morgan fingerprint density at radius 2 is 1.89 bits per heavy atom. The molecule has 1 aliphatic rings. The van der Waals surface area contributed by atoms with Crippen molar-refractivity contribution in [1.82, 2.24) is 25.3 Å². The molecule has 3 aromatic rings. The molecule has 0 radical (unpaired) electrons. The predicted octanol–water partition coefficient (Wildman–Crippen LogP) is 3.94. The largest absolute Gasteiger partial charge is 0.372 e. The fourth-order valence-electron chi connectivity index (χ4n) is 4.51. The van der Waals surface area contributed by atoms with Gasteiger partial charge in [-0.2, -0.15) is 5.10 Å². The highest BCUT2D eigenvalue weighted by Crippen LogP contribution is 2.27. The minimum Gasteiger partial charge on any atom is -0.372 e. The van der Waals surface area contributed by atoms with Gasteiger partial charge in [0.05, 0.1) is 17.8 Å². The third-order valence-corrected chi connectivity index (χ3v) is 6.49. The van der Waals surface area contributed by atoms with Crippen LogP contribution in [0.5, 0.6) is 0 Å². The second kappa shape index (κ2) is 10.5. The van der Waals surface area contributed by atoms with Crippen molar-refractivity contribution in [2.45, 2.75) is 46.2 Å². The summed E-state index contributed by atoms with van der Waals surface area (Å²) in [5.41, 5.74) is 2.67. The minimum atomic E-state index is -0.555. The molecule has 2 aromatic carbocycles. The van der Waals surface area contributed by atoms with E-state index in [0.29, 0.717) is 37.4 Å². The summed E-state index contributed by atoms with van der Waals surface area (Å²) < 4.78 is 15.2. The average molecular weight is 492 g/mol. The zero-order chi connectivity index (χ0) is 25.9. The van der Waals surface area contributed by atoms with E-state index in [9.17, 15) is 14.0 Å². The van der Waals surface area contributed by atoms with Crippen LogP contribution in [0.15, 0.2) is 55.1 Å². The molecule has 1 saturated heterocycles. The summed E-state index contributed by atoms with van der Waals surface area (Å²) in [6, 6.07) is 13.7. The fourth-order valence-corrected chi connectivity index (χ4v) is 4.51. The average Bonchev–Trinajstić information content (AvgIpc) is 3.41. The topological polar surface area (TPSA) is 79.3 Å². The van der Waals surface area contributed by atoms with E-state index >= 15 is 0 Å². The van der Waals surface area contributed by atoms with E-state index in [4.69, 9.17) is 5.10 Å². The Morgan fingerprint density at radius 3 is 2.56 bits per heavy atom. The summed E-state index contributed by atoms with van der Waals surface area (Å²) in [5.74, 6) is -0.280. The maximum absolute atomic E-state index is 13.4. The van der Waals surface area contributed by atoms with Gasteiger partial charge in [0, 0.05) is 31.4 Å². The van der Waals surface area contributed by atoms with Crippen LogP contribution < -0.4 is 10.6 Å². The molecule has 2 N–H and O–H groups in total. The molecule has 1 aromatic heterocycles. The molecule has 0 aliphatic carbocycles. The van der Waals surface area contributed by atoms with Crippen LogP contribution in [0.4, 0.5) is 4.39 Å². The monoisotopic (exact) mass is 491 g/mol. The Kier molecular flexibility index (Phi) is 7.43. The van der Waals surface area contributed by atoms with E-state index in [1.54, 1.807) is 17.0 Å². The van der Waals surface area contributed by atoms with Gasteiger partial charge in [0.15, 0.2) is 0 Å². The van der Waals surface area contributed by atoms with Gasteiger partial charge >= 0.3 is 0 Å². The maximum Gasteiger partial charge on any atom is 0.243 e.